The number of aryl methyl sites for hydroxylation is 2. The van der Waals surface area contributed by atoms with Crippen molar-refractivity contribution in [2.24, 2.45) is 7.05 Å². The molecule has 0 atom stereocenters. The minimum Gasteiger partial charge on any atom is -0.322 e. The molecule has 1 aliphatic rings. The molecule has 26 heavy (non-hydrogen) atoms. The minimum absolute atomic E-state index is 0.0506. The second kappa shape index (κ2) is 7.21. The fourth-order valence-electron chi connectivity index (χ4n) is 3.31. The van der Waals surface area contributed by atoms with Crippen molar-refractivity contribution in [3.05, 3.63) is 50.6 Å². The van der Waals surface area contributed by atoms with E-state index in [2.05, 4.69) is 11.6 Å². The molecule has 0 aromatic carbocycles. The third kappa shape index (κ3) is 3.02. The third-order valence-electron chi connectivity index (χ3n) is 4.71. The first-order valence-electron chi connectivity index (χ1n) is 8.55. The van der Waals surface area contributed by atoms with E-state index in [-0.39, 0.29) is 5.56 Å². The van der Waals surface area contributed by atoms with E-state index < -0.39 is 0 Å². The molecule has 0 fully saturated rings. The molecule has 0 spiro atoms. The topological polar surface area (TPSA) is 52.7 Å². The number of allylic oxidation sites excluding steroid dienone is 1. The number of aromatic nitrogens is 4. The Labute approximate surface area is 164 Å². The van der Waals surface area contributed by atoms with Crippen LogP contribution in [0.5, 0.6) is 0 Å². The van der Waals surface area contributed by atoms with Gasteiger partial charge in [-0.1, -0.05) is 29.4 Å². The summed E-state index contributed by atoms with van der Waals surface area (Å²) >= 11 is 9.25. The number of thioether (sulfide) groups is 1. The lowest BCUT2D eigenvalue weighted by Gasteiger charge is -2.12. The van der Waals surface area contributed by atoms with Crippen LogP contribution in [0.15, 0.2) is 28.8 Å². The molecule has 0 saturated carbocycles. The summed E-state index contributed by atoms with van der Waals surface area (Å²) in [7, 11) is 1.88. The van der Waals surface area contributed by atoms with Crippen LogP contribution in [0.1, 0.15) is 29.1 Å². The van der Waals surface area contributed by atoms with Gasteiger partial charge in [-0.2, -0.15) is 0 Å². The molecule has 0 N–H and O–H groups in total. The van der Waals surface area contributed by atoms with E-state index in [0.29, 0.717) is 22.6 Å². The minimum atomic E-state index is 0.0506. The molecule has 5 nitrogen and oxygen atoms in total. The van der Waals surface area contributed by atoms with Gasteiger partial charge in [-0.15, -0.1) is 17.9 Å². The summed E-state index contributed by atoms with van der Waals surface area (Å²) in [5.41, 5.74) is 1.27. The second-order valence-electron chi connectivity index (χ2n) is 6.33. The van der Waals surface area contributed by atoms with Crippen LogP contribution in [0.2, 0.25) is 5.15 Å². The van der Waals surface area contributed by atoms with Crippen LogP contribution in [0.25, 0.3) is 10.2 Å². The van der Waals surface area contributed by atoms with E-state index in [1.807, 2.05) is 11.6 Å². The van der Waals surface area contributed by atoms with Crippen molar-refractivity contribution in [1.82, 2.24) is 19.1 Å². The molecule has 8 heteroatoms. The molecule has 0 amide bonds. The smallest absolute Gasteiger partial charge is 0.263 e. The third-order valence-corrected chi connectivity index (χ3v) is 7.22. The number of hydrogen-bond donors (Lipinski definition) is 0. The van der Waals surface area contributed by atoms with Crippen LogP contribution in [-0.2, 0) is 32.2 Å². The first-order valence-corrected chi connectivity index (χ1v) is 10.7. The molecule has 136 valence electrons. The lowest BCUT2D eigenvalue weighted by Crippen LogP contribution is -2.23. The molecule has 0 radical (unpaired) electrons. The number of halogens is 1. The zero-order valence-electron chi connectivity index (χ0n) is 14.5. The van der Waals surface area contributed by atoms with Gasteiger partial charge in [0.1, 0.15) is 15.8 Å². The summed E-state index contributed by atoms with van der Waals surface area (Å²) in [6.07, 6.45) is 7.77. The lowest BCUT2D eigenvalue weighted by atomic mass is 9.97. The summed E-state index contributed by atoms with van der Waals surface area (Å²) in [6.45, 7) is 4.26. The maximum atomic E-state index is 13.2. The Morgan fingerprint density at radius 1 is 1.42 bits per heavy atom. The van der Waals surface area contributed by atoms with E-state index >= 15 is 0 Å². The van der Waals surface area contributed by atoms with Crippen LogP contribution in [0.4, 0.5) is 0 Å². The standard InChI is InChI=1S/C18H19ClN4OS2/c1-3-8-23-17(24)15-11-6-4-5-7-12(11)26-16(15)21-18(23)25-10-14-20-9-13(19)22(14)2/h3,9H,1,4-8,10H2,2H3. The molecule has 4 rings (SSSR count). The van der Waals surface area contributed by atoms with Crippen molar-refractivity contribution < 1.29 is 0 Å². The van der Waals surface area contributed by atoms with Gasteiger partial charge in [0.25, 0.3) is 5.56 Å². The van der Waals surface area contributed by atoms with E-state index in [9.17, 15) is 4.79 Å². The number of hydrogen-bond acceptors (Lipinski definition) is 5. The molecule has 3 aromatic heterocycles. The Kier molecular flexibility index (Phi) is 4.94. The van der Waals surface area contributed by atoms with Gasteiger partial charge in [-0.05, 0) is 31.2 Å². The molecule has 0 saturated heterocycles. The summed E-state index contributed by atoms with van der Waals surface area (Å²) in [6, 6.07) is 0. The number of nitrogens with zero attached hydrogens (tertiary/aromatic N) is 4. The zero-order chi connectivity index (χ0) is 18.3. The van der Waals surface area contributed by atoms with Gasteiger partial charge in [0.15, 0.2) is 5.16 Å². The summed E-state index contributed by atoms with van der Waals surface area (Å²) < 4.78 is 3.57. The maximum absolute atomic E-state index is 13.2. The van der Waals surface area contributed by atoms with E-state index in [1.165, 1.54) is 28.6 Å². The van der Waals surface area contributed by atoms with Crippen LogP contribution in [0.3, 0.4) is 0 Å². The number of rotatable bonds is 5. The Morgan fingerprint density at radius 2 is 2.23 bits per heavy atom. The normalized spacial score (nSPS) is 13.9. The van der Waals surface area contributed by atoms with Crippen molar-refractivity contribution in [3.63, 3.8) is 0 Å². The van der Waals surface area contributed by atoms with E-state index in [0.717, 1.165) is 35.3 Å². The maximum Gasteiger partial charge on any atom is 0.263 e. The predicted molar refractivity (Wildman–Crippen MR) is 108 cm³/mol. The number of thiophene rings is 1. The van der Waals surface area contributed by atoms with Crippen LogP contribution in [0, 0.1) is 0 Å². The fraction of sp³-hybridized carbons (Fsp3) is 0.389. The fourth-order valence-corrected chi connectivity index (χ4v) is 5.76. The molecule has 0 unspecified atom stereocenters. The van der Waals surface area contributed by atoms with Crippen molar-refractivity contribution in [2.75, 3.05) is 0 Å². The highest BCUT2D eigenvalue weighted by Gasteiger charge is 2.22. The van der Waals surface area contributed by atoms with E-state index in [4.69, 9.17) is 16.6 Å². The van der Waals surface area contributed by atoms with Gasteiger partial charge < -0.3 is 4.57 Å². The molecule has 3 aromatic rings. The van der Waals surface area contributed by atoms with Gasteiger partial charge in [0.2, 0.25) is 0 Å². The zero-order valence-corrected chi connectivity index (χ0v) is 16.9. The molecular weight excluding hydrogens is 388 g/mol. The highest BCUT2D eigenvalue weighted by atomic mass is 35.5. The Hall–Kier alpha value is -1.57. The molecule has 3 heterocycles. The highest BCUT2D eigenvalue weighted by Crippen LogP contribution is 2.35. The average Bonchev–Trinajstić information content (AvgIpc) is 3.16. The van der Waals surface area contributed by atoms with Crippen LogP contribution in [-0.4, -0.2) is 19.1 Å². The Morgan fingerprint density at radius 3 is 2.96 bits per heavy atom. The van der Waals surface area contributed by atoms with Gasteiger partial charge >= 0.3 is 0 Å². The summed E-state index contributed by atoms with van der Waals surface area (Å²) in [5.74, 6) is 1.45. The summed E-state index contributed by atoms with van der Waals surface area (Å²) in [5, 5.41) is 2.12. The SMILES string of the molecule is C=CCn1c(SCc2ncc(Cl)n2C)nc2sc3c(c2c1=O)CCCC3. The van der Waals surface area contributed by atoms with Crippen molar-refractivity contribution in [2.45, 2.75) is 43.1 Å². The van der Waals surface area contributed by atoms with Crippen molar-refractivity contribution in [1.29, 1.82) is 0 Å². The first-order chi connectivity index (χ1) is 12.6. The lowest BCUT2D eigenvalue weighted by molar-refractivity contribution is 0.667. The number of fused-ring (bicyclic) bond motifs is 3. The number of imidazole rings is 1. The van der Waals surface area contributed by atoms with Crippen molar-refractivity contribution >= 4 is 44.9 Å². The van der Waals surface area contributed by atoms with E-state index in [1.54, 1.807) is 28.2 Å². The highest BCUT2D eigenvalue weighted by molar-refractivity contribution is 7.98. The summed E-state index contributed by atoms with van der Waals surface area (Å²) in [4.78, 5) is 24.5. The van der Waals surface area contributed by atoms with Gasteiger partial charge in [0, 0.05) is 18.5 Å². The second-order valence-corrected chi connectivity index (χ2v) is 8.75. The van der Waals surface area contributed by atoms with Gasteiger partial charge in [-0.3, -0.25) is 9.36 Å². The molecule has 1 aliphatic carbocycles. The van der Waals surface area contributed by atoms with Crippen molar-refractivity contribution in [3.8, 4) is 0 Å². The van der Waals surface area contributed by atoms with Crippen LogP contribution < -0.4 is 5.56 Å². The van der Waals surface area contributed by atoms with Gasteiger partial charge in [0.05, 0.1) is 17.3 Å². The Bertz CT molecular complexity index is 1050. The average molecular weight is 407 g/mol. The molecule has 0 aliphatic heterocycles. The Balaban J connectivity index is 1.78. The molecule has 0 bridgehead atoms. The molecular formula is C18H19ClN4OS2. The monoisotopic (exact) mass is 406 g/mol. The van der Waals surface area contributed by atoms with Crippen LogP contribution >= 0.6 is 34.7 Å². The first kappa shape index (κ1) is 17.8. The van der Waals surface area contributed by atoms with Gasteiger partial charge in [-0.25, -0.2) is 9.97 Å². The largest absolute Gasteiger partial charge is 0.322 e. The predicted octanol–water partition coefficient (Wildman–Crippen LogP) is 4.20. The quantitative estimate of drug-likeness (QED) is 0.362.